The van der Waals surface area contributed by atoms with Crippen molar-refractivity contribution >= 4 is 11.6 Å². The third-order valence-electron chi connectivity index (χ3n) is 6.18. The molecule has 0 radical (unpaired) electrons. The number of carbonyl (C=O) groups is 1. The van der Waals surface area contributed by atoms with E-state index in [0.717, 1.165) is 42.0 Å². The Labute approximate surface area is 197 Å². The number of aromatic nitrogens is 3. The number of carbonyl (C=O) groups excluding carboxylic acids is 1. The Hall–Kier alpha value is -4.20. The average Bonchev–Trinajstić information content (AvgIpc) is 3.55. The molecule has 1 atom stereocenters. The summed E-state index contributed by atoms with van der Waals surface area (Å²) in [6.45, 7) is 3.94. The SMILES string of the molecule is CC=CN1CCC(c2cnn3c(C(N)=O)c(-c4ccc(Oc5ccc(OC)cc5)cc4)[nH]c23)C1. The van der Waals surface area contributed by atoms with Crippen LogP contribution in [0.3, 0.4) is 0 Å². The lowest BCUT2D eigenvalue weighted by Crippen LogP contribution is -2.15. The predicted molar refractivity (Wildman–Crippen MR) is 130 cm³/mol. The van der Waals surface area contributed by atoms with Crippen LogP contribution in [0.1, 0.15) is 35.3 Å². The molecular weight excluding hydrogens is 430 g/mol. The molecule has 1 aliphatic heterocycles. The van der Waals surface area contributed by atoms with E-state index in [-0.39, 0.29) is 0 Å². The number of rotatable bonds is 7. The maximum Gasteiger partial charge on any atom is 0.269 e. The average molecular weight is 458 g/mol. The number of aromatic amines is 1. The van der Waals surface area contributed by atoms with E-state index in [1.807, 2.05) is 61.7 Å². The molecule has 1 saturated heterocycles. The molecule has 4 aromatic rings. The Balaban J connectivity index is 1.44. The van der Waals surface area contributed by atoms with E-state index in [1.54, 1.807) is 11.6 Å². The first-order valence-electron chi connectivity index (χ1n) is 11.3. The highest BCUT2D eigenvalue weighted by Gasteiger charge is 2.28. The second kappa shape index (κ2) is 8.97. The van der Waals surface area contributed by atoms with E-state index in [1.165, 1.54) is 0 Å². The number of methoxy groups -OCH3 is 1. The molecule has 1 unspecified atom stereocenters. The van der Waals surface area contributed by atoms with Crippen molar-refractivity contribution in [3.8, 4) is 28.5 Å². The molecular formula is C26H27N5O3. The fourth-order valence-electron chi connectivity index (χ4n) is 4.53. The van der Waals surface area contributed by atoms with E-state index >= 15 is 0 Å². The first-order chi connectivity index (χ1) is 16.6. The molecule has 0 bridgehead atoms. The zero-order valence-corrected chi connectivity index (χ0v) is 19.2. The van der Waals surface area contributed by atoms with Crippen LogP contribution >= 0.6 is 0 Å². The monoisotopic (exact) mass is 457 g/mol. The van der Waals surface area contributed by atoms with Crippen LogP contribution in [0, 0.1) is 0 Å². The largest absolute Gasteiger partial charge is 0.497 e. The predicted octanol–water partition coefficient (Wildman–Crippen LogP) is 4.55. The number of nitrogens with one attached hydrogen (secondary N) is 1. The Morgan fingerprint density at radius 2 is 1.79 bits per heavy atom. The van der Waals surface area contributed by atoms with Crippen molar-refractivity contribution < 1.29 is 14.3 Å². The Morgan fingerprint density at radius 3 is 2.44 bits per heavy atom. The van der Waals surface area contributed by atoms with Gasteiger partial charge in [0.25, 0.3) is 5.91 Å². The van der Waals surface area contributed by atoms with Gasteiger partial charge in [0.15, 0.2) is 5.69 Å². The summed E-state index contributed by atoms with van der Waals surface area (Å²) in [6.07, 6.45) is 7.04. The van der Waals surface area contributed by atoms with Crippen molar-refractivity contribution in [2.75, 3.05) is 20.2 Å². The third kappa shape index (κ3) is 3.98. The Morgan fingerprint density at radius 1 is 1.12 bits per heavy atom. The van der Waals surface area contributed by atoms with Gasteiger partial charge in [-0.1, -0.05) is 6.08 Å². The summed E-state index contributed by atoms with van der Waals surface area (Å²) in [6, 6.07) is 14.9. The summed E-state index contributed by atoms with van der Waals surface area (Å²) in [5, 5.41) is 4.50. The fourth-order valence-corrected chi connectivity index (χ4v) is 4.53. The van der Waals surface area contributed by atoms with Gasteiger partial charge in [-0.2, -0.15) is 5.10 Å². The Bertz CT molecular complexity index is 1340. The number of nitrogens with zero attached hydrogens (tertiary/aromatic N) is 3. The van der Waals surface area contributed by atoms with Gasteiger partial charge in [0.05, 0.1) is 19.0 Å². The van der Waals surface area contributed by atoms with Gasteiger partial charge in [-0.3, -0.25) is 4.79 Å². The summed E-state index contributed by atoms with van der Waals surface area (Å²) in [5.74, 6) is 1.96. The van der Waals surface area contributed by atoms with Crippen LogP contribution in [0.4, 0.5) is 0 Å². The molecule has 1 amide bonds. The number of allylic oxidation sites excluding steroid dienone is 1. The molecule has 3 heterocycles. The topological polar surface area (TPSA) is 97.9 Å². The lowest BCUT2D eigenvalue weighted by molar-refractivity contribution is 0.0994. The van der Waals surface area contributed by atoms with Crippen molar-refractivity contribution in [3.05, 3.63) is 78.3 Å². The van der Waals surface area contributed by atoms with E-state index < -0.39 is 5.91 Å². The standard InChI is InChI=1S/C26H27N5O3/c1-3-13-30-14-12-18(16-30)22-15-28-31-24(25(27)32)23(29-26(22)31)17-4-6-20(7-5-17)34-21-10-8-19(33-2)9-11-21/h3-11,13,15,18,29H,12,14,16H2,1-2H3,(H2,27,32). The highest BCUT2D eigenvalue weighted by Crippen LogP contribution is 2.34. The van der Waals surface area contributed by atoms with Crippen molar-refractivity contribution in [2.45, 2.75) is 19.3 Å². The van der Waals surface area contributed by atoms with Gasteiger partial charge in [-0.05, 0) is 68.1 Å². The van der Waals surface area contributed by atoms with E-state index in [4.69, 9.17) is 15.2 Å². The molecule has 3 N–H and O–H groups in total. The number of likely N-dealkylation sites (tertiary alicyclic amines) is 1. The van der Waals surface area contributed by atoms with Gasteiger partial charge in [0, 0.05) is 30.1 Å². The van der Waals surface area contributed by atoms with Crippen LogP contribution in [-0.2, 0) is 0 Å². The van der Waals surface area contributed by atoms with Gasteiger partial charge in [0.2, 0.25) is 0 Å². The summed E-state index contributed by atoms with van der Waals surface area (Å²) in [7, 11) is 1.63. The van der Waals surface area contributed by atoms with Gasteiger partial charge in [-0.25, -0.2) is 4.52 Å². The number of primary amides is 1. The van der Waals surface area contributed by atoms with Gasteiger partial charge >= 0.3 is 0 Å². The van der Waals surface area contributed by atoms with Crippen LogP contribution in [0.2, 0.25) is 0 Å². The lowest BCUT2D eigenvalue weighted by Gasteiger charge is -2.11. The highest BCUT2D eigenvalue weighted by molar-refractivity contribution is 5.98. The summed E-state index contributed by atoms with van der Waals surface area (Å²) >= 11 is 0. The summed E-state index contributed by atoms with van der Waals surface area (Å²) in [4.78, 5) is 18.1. The minimum absolute atomic E-state index is 0.334. The zero-order chi connectivity index (χ0) is 23.7. The molecule has 1 fully saturated rings. The van der Waals surface area contributed by atoms with Crippen molar-refractivity contribution in [3.63, 3.8) is 0 Å². The van der Waals surface area contributed by atoms with Crippen LogP contribution in [-0.4, -0.2) is 45.6 Å². The van der Waals surface area contributed by atoms with Gasteiger partial charge < -0.3 is 25.1 Å². The van der Waals surface area contributed by atoms with E-state index in [0.29, 0.717) is 28.8 Å². The van der Waals surface area contributed by atoms with Gasteiger partial charge in [0.1, 0.15) is 22.9 Å². The number of H-pyrrole nitrogens is 1. The Kier molecular flexibility index (Phi) is 5.71. The van der Waals surface area contributed by atoms with E-state index in [9.17, 15) is 4.79 Å². The van der Waals surface area contributed by atoms with Crippen LogP contribution in [0.5, 0.6) is 17.2 Å². The number of ether oxygens (including phenoxy) is 2. The molecule has 1 aliphatic rings. The minimum Gasteiger partial charge on any atom is -0.497 e. The third-order valence-corrected chi connectivity index (χ3v) is 6.18. The van der Waals surface area contributed by atoms with E-state index in [2.05, 4.69) is 27.3 Å². The molecule has 0 aliphatic carbocycles. The summed E-state index contributed by atoms with van der Waals surface area (Å²) < 4.78 is 12.7. The quantitative estimate of drug-likeness (QED) is 0.424. The molecule has 0 spiro atoms. The fraction of sp³-hybridized carbons (Fsp3) is 0.231. The molecule has 5 rings (SSSR count). The number of hydrogen-bond acceptors (Lipinski definition) is 5. The first-order valence-corrected chi connectivity index (χ1v) is 11.3. The van der Waals surface area contributed by atoms with Crippen LogP contribution < -0.4 is 15.2 Å². The summed E-state index contributed by atoms with van der Waals surface area (Å²) in [5.41, 5.74) is 9.50. The van der Waals surface area contributed by atoms with Crippen LogP contribution in [0.15, 0.2) is 67.0 Å². The normalized spacial score (nSPS) is 15.9. The van der Waals surface area contributed by atoms with Crippen LogP contribution in [0.25, 0.3) is 16.9 Å². The maximum absolute atomic E-state index is 12.4. The number of imidazole rings is 1. The molecule has 0 saturated carbocycles. The van der Waals surface area contributed by atoms with Crippen molar-refractivity contribution in [1.29, 1.82) is 0 Å². The molecule has 2 aromatic carbocycles. The number of nitrogens with two attached hydrogens (primary N) is 1. The smallest absolute Gasteiger partial charge is 0.269 e. The number of hydrogen-bond donors (Lipinski definition) is 2. The van der Waals surface area contributed by atoms with Gasteiger partial charge in [-0.15, -0.1) is 0 Å². The zero-order valence-electron chi connectivity index (χ0n) is 19.2. The number of amides is 1. The van der Waals surface area contributed by atoms with Crippen molar-refractivity contribution in [2.24, 2.45) is 5.73 Å². The molecule has 8 heteroatoms. The second-order valence-corrected chi connectivity index (χ2v) is 8.34. The number of fused-ring (bicyclic) bond motifs is 1. The lowest BCUT2D eigenvalue weighted by atomic mass is 10.0. The number of benzene rings is 2. The second-order valence-electron chi connectivity index (χ2n) is 8.34. The van der Waals surface area contributed by atoms with Crippen molar-refractivity contribution in [1.82, 2.24) is 19.5 Å². The minimum atomic E-state index is -0.531. The molecule has 174 valence electrons. The first kappa shape index (κ1) is 21.6. The maximum atomic E-state index is 12.4. The molecule has 2 aromatic heterocycles. The molecule has 8 nitrogen and oxygen atoms in total. The molecule has 34 heavy (non-hydrogen) atoms. The highest BCUT2D eigenvalue weighted by atomic mass is 16.5.